The number of carbonyl (C=O) groups is 1. The first-order chi connectivity index (χ1) is 14.1. The van der Waals surface area contributed by atoms with Gasteiger partial charge in [0.15, 0.2) is 0 Å². The lowest BCUT2D eigenvalue weighted by Crippen LogP contribution is -2.13. The van der Waals surface area contributed by atoms with Gasteiger partial charge in [-0.2, -0.15) is 14.6 Å². The highest BCUT2D eigenvalue weighted by Crippen LogP contribution is 2.24. The van der Waals surface area contributed by atoms with Gasteiger partial charge in [0, 0.05) is 39.9 Å². The Morgan fingerprint density at radius 3 is 2.53 bits per heavy atom. The van der Waals surface area contributed by atoms with Crippen LogP contribution in [-0.4, -0.2) is 34.5 Å². The van der Waals surface area contributed by atoms with Crippen LogP contribution in [0.15, 0.2) is 41.1 Å². The summed E-state index contributed by atoms with van der Waals surface area (Å²) >= 11 is 6.68. The number of rotatable bonds is 5. The van der Waals surface area contributed by atoms with E-state index in [9.17, 15) is 18.5 Å². The first-order valence-electron chi connectivity index (χ1n) is 8.52. The highest BCUT2D eigenvalue weighted by atomic mass is 35.5. The number of carbonyl (C=O) groups excluding carboxylic acids is 1. The van der Waals surface area contributed by atoms with Crippen LogP contribution in [-0.2, 0) is 14.6 Å². The fourth-order valence-corrected chi connectivity index (χ4v) is 4.37. The Morgan fingerprint density at radius 1 is 1.30 bits per heavy atom. The summed E-state index contributed by atoms with van der Waals surface area (Å²) in [6, 6.07) is 11.1. The molecule has 0 aliphatic rings. The minimum atomic E-state index is -3.58. The monoisotopic (exact) mass is 461 g/mol. The molecule has 2 aromatic heterocycles. The molecule has 154 valence electrons. The second-order valence-electron chi connectivity index (χ2n) is 6.42. The Morgan fingerprint density at radius 2 is 1.97 bits per heavy atom. The SMILES string of the molecule is Cc1cc(/C=C(/C#N)C(=O)Nc2nc(S(C)(=O)=O)ns2)c(C)n1-c1ccc(Cl)cc1. The number of nitrogens with zero attached hydrogens (tertiary/aromatic N) is 4. The smallest absolute Gasteiger partial charge is 0.268 e. The topological polar surface area (TPSA) is 118 Å². The fraction of sp³-hybridized carbons (Fsp3) is 0.158. The van der Waals surface area contributed by atoms with E-state index in [4.69, 9.17) is 11.6 Å². The van der Waals surface area contributed by atoms with Crippen LogP contribution in [0.3, 0.4) is 0 Å². The third-order valence-corrected chi connectivity index (χ3v) is 6.02. The van der Waals surface area contributed by atoms with E-state index < -0.39 is 15.7 Å². The van der Waals surface area contributed by atoms with E-state index in [1.807, 2.05) is 42.7 Å². The summed E-state index contributed by atoms with van der Waals surface area (Å²) in [5.74, 6) is -0.704. The first kappa shape index (κ1) is 21.7. The van der Waals surface area contributed by atoms with E-state index in [0.717, 1.165) is 34.9 Å². The molecule has 3 rings (SSSR count). The quantitative estimate of drug-likeness (QED) is 0.458. The molecule has 11 heteroatoms. The van der Waals surface area contributed by atoms with Crippen molar-refractivity contribution in [1.82, 2.24) is 13.9 Å². The van der Waals surface area contributed by atoms with Gasteiger partial charge in [-0.3, -0.25) is 10.1 Å². The van der Waals surface area contributed by atoms with Crippen molar-refractivity contribution >= 4 is 50.1 Å². The number of nitrogens with one attached hydrogen (secondary N) is 1. The highest BCUT2D eigenvalue weighted by Gasteiger charge is 2.18. The van der Waals surface area contributed by atoms with Gasteiger partial charge in [-0.05, 0) is 55.8 Å². The zero-order chi connectivity index (χ0) is 22.1. The van der Waals surface area contributed by atoms with Crippen molar-refractivity contribution in [3.05, 3.63) is 57.9 Å². The summed E-state index contributed by atoms with van der Waals surface area (Å²) in [6.07, 6.45) is 2.44. The number of hydrogen-bond donors (Lipinski definition) is 1. The Labute approximate surface area is 182 Å². The summed E-state index contributed by atoms with van der Waals surface area (Å²) in [7, 11) is -3.58. The molecule has 0 aliphatic heterocycles. The van der Waals surface area contributed by atoms with Gasteiger partial charge in [0.1, 0.15) is 11.6 Å². The zero-order valence-electron chi connectivity index (χ0n) is 16.2. The van der Waals surface area contributed by atoms with Crippen molar-refractivity contribution in [2.75, 3.05) is 11.6 Å². The summed E-state index contributed by atoms with van der Waals surface area (Å²) in [4.78, 5) is 16.2. The number of aromatic nitrogens is 3. The van der Waals surface area contributed by atoms with Crippen molar-refractivity contribution in [1.29, 1.82) is 5.26 Å². The molecule has 0 unspecified atom stereocenters. The van der Waals surface area contributed by atoms with Crippen LogP contribution in [0, 0.1) is 25.2 Å². The Bertz CT molecular complexity index is 1300. The van der Waals surface area contributed by atoms with Crippen molar-refractivity contribution < 1.29 is 13.2 Å². The number of anilines is 1. The highest BCUT2D eigenvalue weighted by molar-refractivity contribution is 7.90. The number of benzene rings is 1. The van der Waals surface area contributed by atoms with Crippen molar-refractivity contribution in [3.8, 4) is 11.8 Å². The van der Waals surface area contributed by atoms with Gasteiger partial charge >= 0.3 is 0 Å². The van der Waals surface area contributed by atoms with Crippen LogP contribution < -0.4 is 5.32 Å². The van der Waals surface area contributed by atoms with Crippen LogP contribution in [0.1, 0.15) is 17.0 Å². The van der Waals surface area contributed by atoms with E-state index in [1.165, 1.54) is 6.08 Å². The molecule has 0 aliphatic carbocycles. The van der Waals surface area contributed by atoms with E-state index in [0.29, 0.717) is 10.6 Å². The predicted octanol–water partition coefficient (Wildman–Crippen LogP) is 3.55. The van der Waals surface area contributed by atoms with Gasteiger partial charge < -0.3 is 4.57 Å². The molecular weight excluding hydrogens is 446 g/mol. The van der Waals surface area contributed by atoms with Crippen LogP contribution in [0.25, 0.3) is 11.8 Å². The summed E-state index contributed by atoms with van der Waals surface area (Å²) in [5.41, 5.74) is 3.20. The number of hydrogen-bond acceptors (Lipinski definition) is 7. The van der Waals surface area contributed by atoms with Crippen LogP contribution >= 0.6 is 23.1 Å². The molecule has 1 N–H and O–H groups in total. The third-order valence-electron chi connectivity index (χ3n) is 4.18. The van der Waals surface area contributed by atoms with E-state index in [-0.39, 0.29) is 15.9 Å². The molecular formula is C19H16ClN5O3S2. The van der Waals surface area contributed by atoms with Crippen molar-refractivity contribution in [3.63, 3.8) is 0 Å². The van der Waals surface area contributed by atoms with Crippen molar-refractivity contribution in [2.24, 2.45) is 0 Å². The fourth-order valence-electron chi connectivity index (χ4n) is 2.80. The normalized spacial score (nSPS) is 11.9. The first-order valence-corrected chi connectivity index (χ1v) is 11.6. The number of sulfone groups is 1. The number of amides is 1. The lowest BCUT2D eigenvalue weighted by molar-refractivity contribution is -0.112. The number of aryl methyl sites for hydroxylation is 1. The molecule has 0 atom stereocenters. The molecule has 0 radical (unpaired) electrons. The molecule has 0 saturated heterocycles. The molecule has 2 heterocycles. The largest absolute Gasteiger partial charge is 0.318 e. The second kappa shape index (κ2) is 8.39. The summed E-state index contributed by atoms with van der Waals surface area (Å²) < 4.78 is 28.6. The maximum absolute atomic E-state index is 12.5. The van der Waals surface area contributed by atoms with Crippen LogP contribution in [0.4, 0.5) is 5.13 Å². The van der Waals surface area contributed by atoms with E-state index in [2.05, 4.69) is 14.7 Å². The molecule has 0 saturated carbocycles. The minimum absolute atomic E-state index is 0.00629. The van der Waals surface area contributed by atoms with Crippen LogP contribution in [0.2, 0.25) is 5.02 Å². The predicted molar refractivity (Wildman–Crippen MR) is 115 cm³/mol. The third kappa shape index (κ3) is 4.59. The lowest BCUT2D eigenvalue weighted by Gasteiger charge is -2.09. The molecule has 3 aromatic rings. The number of nitriles is 1. The Hall–Kier alpha value is -3.00. The molecule has 0 spiro atoms. The molecule has 1 aromatic carbocycles. The standard InChI is InChI=1S/C19H16ClN5O3S2/c1-11-8-13(12(2)25(11)16-6-4-15(20)5-7-16)9-14(10-21)17(26)22-18-23-19(24-29-18)30(3,27)28/h4-9H,1-3H3,(H,22,23,24,26)/b14-9-. The van der Waals surface area contributed by atoms with Gasteiger partial charge in [0.05, 0.1) is 0 Å². The zero-order valence-corrected chi connectivity index (χ0v) is 18.6. The summed E-state index contributed by atoms with van der Waals surface area (Å²) in [5, 5.41) is 12.1. The Kier molecular flexibility index (Phi) is 6.07. The molecule has 0 bridgehead atoms. The second-order valence-corrected chi connectivity index (χ2v) is 9.51. The van der Waals surface area contributed by atoms with Gasteiger partial charge in [-0.25, -0.2) is 8.42 Å². The van der Waals surface area contributed by atoms with Gasteiger partial charge in [0.2, 0.25) is 15.0 Å². The molecule has 30 heavy (non-hydrogen) atoms. The van der Waals surface area contributed by atoms with E-state index in [1.54, 1.807) is 12.1 Å². The average Bonchev–Trinajstić information content (AvgIpc) is 3.25. The minimum Gasteiger partial charge on any atom is -0.318 e. The molecule has 1 amide bonds. The van der Waals surface area contributed by atoms with Gasteiger partial charge in [-0.15, -0.1) is 0 Å². The molecule has 0 fully saturated rings. The van der Waals surface area contributed by atoms with Crippen LogP contribution in [0.5, 0.6) is 0 Å². The average molecular weight is 462 g/mol. The summed E-state index contributed by atoms with van der Waals surface area (Å²) in [6.45, 7) is 3.79. The molecule has 8 nitrogen and oxygen atoms in total. The lowest BCUT2D eigenvalue weighted by atomic mass is 10.1. The Balaban J connectivity index is 1.90. The van der Waals surface area contributed by atoms with Crippen molar-refractivity contribution in [2.45, 2.75) is 19.0 Å². The van der Waals surface area contributed by atoms with Gasteiger partial charge in [0.25, 0.3) is 11.1 Å². The van der Waals surface area contributed by atoms with Gasteiger partial charge in [-0.1, -0.05) is 11.6 Å². The number of halogens is 1. The maximum atomic E-state index is 12.5. The van der Waals surface area contributed by atoms with E-state index >= 15 is 0 Å². The maximum Gasteiger partial charge on any atom is 0.268 e.